The second-order valence-corrected chi connectivity index (χ2v) is 3.62. The van der Waals surface area contributed by atoms with Crippen molar-refractivity contribution in [2.24, 2.45) is 5.73 Å². The molecule has 0 unspecified atom stereocenters. The van der Waals surface area contributed by atoms with E-state index in [1.54, 1.807) is 0 Å². The molecule has 2 fully saturated rings. The summed E-state index contributed by atoms with van der Waals surface area (Å²) in [5.41, 5.74) is 5.86. The highest BCUT2D eigenvalue weighted by Gasteiger charge is 2.29. The molecule has 2 heteroatoms. The first-order valence-corrected chi connectivity index (χ1v) is 4.36. The molecule has 10 heavy (non-hydrogen) atoms. The Kier molecular flexibility index (Phi) is 1.66. The van der Waals surface area contributed by atoms with Gasteiger partial charge in [-0.1, -0.05) is 0 Å². The van der Waals surface area contributed by atoms with Crippen LogP contribution >= 0.6 is 0 Å². The van der Waals surface area contributed by atoms with Crippen LogP contribution in [0.4, 0.5) is 0 Å². The SMILES string of the molecule is N[C@@H]1CCN2CCC[C@@H]2C1. The van der Waals surface area contributed by atoms with Crippen LogP contribution in [-0.2, 0) is 0 Å². The highest BCUT2D eigenvalue weighted by atomic mass is 15.2. The number of fused-ring (bicyclic) bond motifs is 1. The molecule has 0 aliphatic carbocycles. The monoisotopic (exact) mass is 140 g/mol. The Morgan fingerprint density at radius 1 is 1.20 bits per heavy atom. The molecule has 58 valence electrons. The van der Waals surface area contributed by atoms with E-state index in [0.29, 0.717) is 6.04 Å². The van der Waals surface area contributed by atoms with Gasteiger partial charge in [0.2, 0.25) is 0 Å². The molecule has 0 aromatic heterocycles. The molecule has 0 aromatic rings. The summed E-state index contributed by atoms with van der Waals surface area (Å²) in [6.07, 6.45) is 5.27. The van der Waals surface area contributed by atoms with Gasteiger partial charge >= 0.3 is 0 Å². The molecule has 2 heterocycles. The Labute approximate surface area is 62.4 Å². The molecular weight excluding hydrogens is 124 g/mol. The third-order valence-corrected chi connectivity index (χ3v) is 2.86. The second-order valence-electron chi connectivity index (χ2n) is 3.62. The van der Waals surface area contributed by atoms with Crippen molar-refractivity contribution < 1.29 is 0 Å². The van der Waals surface area contributed by atoms with E-state index in [2.05, 4.69) is 4.90 Å². The van der Waals surface area contributed by atoms with Crippen LogP contribution in [0.3, 0.4) is 0 Å². The molecule has 2 rings (SSSR count). The Bertz CT molecular complexity index is 124. The molecule has 0 radical (unpaired) electrons. The molecule has 2 N–H and O–H groups in total. The van der Waals surface area contributed by atoms with Crippen LogP contribution in [0.2, 0.25) is 0 Å². The van der Waals surface area contributed by atoms with Crippen molar-refractivity contribution in [1.82, 2.24) is 4.90 Å². The minimum absolute atomic E-state index is 0.499. The average Bonchev–Trinajstić information content (AvgIpc) is 2.33. The minimum atomic E-state index is 0.499. The highest BCUT2D eigenvalue weighted by Crippen LogP contribution is 2.25. The first kappa shape index (κ1) is 6.62. The lowest BCUT2D eigenvalue weighted by atomic mass is 9.99. The van der Waals surface area contributed by atoms with Crippen LogP contribution in [-0.4, -0.2) is 30.1 Å². The van der Waals surface area contributed by atoms with E-state index in [-0.39, 0.29) is 0 Å². The molecule has 0 bridgehead atoms. The van der Waals surface area contributed by atoms with Crippen LogP contribution in [0, 0.1) is 0 Å². The molecule has 2 aliphatic heterocycles. The van der Waals surface area contributed by atoms with E-state index < -0.39 is 0 Å². The zero-order chi connectivity index (χ0) is 6.97. The Morgan fingerprint density at radius 2 is 2.10 bits per heavy atom. The number of rotatable bonds is 0. The molecule has 0 aromatic carbocycles. The van der Waals surface area contributed by atoms with Crippen molar-refractivity contribution >= 4 is 0 Å². The summed E-state index contributed by atoms with van der Waals surface area (Å²) in [6, 6.07) is 1.35. The van der Waals surface area contributed by atoms with Crippen LogP contribution < -0.4 is 5.73 Å². The summed E-state index contributed by atoms with van der Waals surface area (Å²) in [5, 5.41) is 0. The third-order valence-electron chi connectivity index (χ3n) is 2.86. The number of piperidine rings is 1. The van der Waals surface area contributed by atoms with Gasteiger partial charge in [0.15, 0.2) is 0 Å². The largest absolute Gasteiger partial charge is 0.328 e. The fourth-order valence-electron chi connectivity index (χ4n) is 2.26. The Balaban J connectivity index is 1.96. The molecule has 0 saturated carbocycles. The van der Waals surface area contributed by atoms with Crippen molar-refractivity contribution in [3.05, 3.63) is 0 Å². The van der Waals surface area contributed by atoms with Gasteiger partial charge in [-0.25, -0.2) is 0 Å². The number of hydrogen-bond donors (Lipinski definition) is 1. The standard InChI is InChI=1S/C8H16N2/c9-7-3-5-10-4-1-2-8(10)6-7/h7-8H,1-6,9H2/t7-,8-/m1/s1. The summed E-state index contributed by atoms with van der Waals surface area (Å²) in [4.78, 5) is 2.60. The summed E-state index contributed by atoms with van der Waals surface area (Å²) < 4.78 is 0. The van der Waals surface area contributed by atoms with Crippen LogP contribution in [0.5, 0.6) is 0 Å². The van der Waals surface area contributed by atoms with Gasteiger partial charge < -0.3 is 10.6 Å². The Hall–Kier alpha value is -0.0800. The second kappa shape index (κ2) is 2.51. The molecule has 2 saturated heterocycles. The number of hydrogen-bond acceptors (Lipinski definition) is 2. The van der Waals surface area contributed by atoms with Crippen LogP contribution in [0.25, 0.3) is 0 Å². The quantitative estimate of drug-likeness (QED) is 0.533. The summed E-state index contributed by atoms with van der Waals surface area (Å²) in [5.74, 6) is 0. The maximum Gasteiger partial charge on any atom is 0.0110 e. The van der Waals surface area contributed by atoms with Crippen LogP contribution in [0.15, 0.2) is 0 Å². The molecular formula is C8H16N2. The van der Waals surface area contributed by atoms with E-state index in [4.69, 9.17) is 5.73 Å². The average molecular weight is 140 g/mol. The van der Waals surface area contributed by atoms with E-state index in [1.165, 1.54) is 38.8 Å². The van der Waals surface area contributed by atoms with Gasteiger partial charge in [0.1, 0.15) is 0 Å². The lowest BCUT2D eigenvalue weighted by Crippen LogP contribution is -2.43. The fraction of sp³-hybridized carbons (Fsp3) is 1.00. The van der Waals surface area contributed by atoms with Gasteiger partial charge in [-0.2, -0.15) is 0 Å². The third kappa shape index (κ3) is 1.06. The summed E-state index contributed by atoms with van der Waals surface area (Å²) in [7, 11) is 0. The van der Waals surface area contributed by atoms with Crippen molar-refractivity contribution in [1.29, 1.82) is 0 Å². The normalized spacial score (nSPS) is 41.7. The van der Waals surface area contributed by atoms with Gasteiger partial charge in [0.05, 0.1) is 0 Å². The smallest absolute Gasteiger partial charge is 0.0110 e. The molecule has 2 nitrogen and oxygen atoms in total. The highest BCUT2D eigenvalue weighted by molar-refractivity contribution is 4.87. The first-order valence-electron chi connectivity index (χ1n) is 4.36. The zero-order valence-corrected chi connectivity index (χ0v) is 6.42. The fourth-order valence-corrected chi connectivity index (χ4v) is 2.26. The molecule has 0 amide bonds. The number of nitrogens with two attached hydrogens (primary N) is 1. The van der Waals surface area contributed by atoms with E-state index >= 15 is 0 Å². The van der Waals surface area contributed by atoms with Gasteiger partial charge in [0.25, 0.3) is 0 Å². The lowest BCUT2D eigenvalue weighted by Gasteiger charge is -2.32. The van der Waals surface area contributed by atoms with Gasteiger partial charge in [-0.3, -0.25) is 0 Å². The topological polar surface area (TPSA) is 29.3 Å². The van der Waals surface area contributed by atoms with Crippen LogP contribution in [0.1, 0.15) is 25.7 Å². The number of nitrogens with zero attached hydrogens (tertiary/aromatic N) is 1. The zero-order valence-electron chi connectivity index (χ0n) is 6.42. The minimum Gasteiger partial charge on any atom is -0.328 e. The Morgan fingerprint density at radius 3 is 3.00 bits per heavy atom. The molecule has 0 spiro atoms. The predicted molar refractivity (Wildman–Crippen MR) is 41.8 cm³/mol. The predicted octanol–water partition coefficient (Wildman–Crippen LogP) is 0.572. The van der Waals surface area contributed by atoms with Crippen molar-refractivity contribution in [3.8, 4) is 0 Å². The van der Waals surface area contributed by atoms with Gasteiger partial charge in [-0.15, -0.1) is 0 Å². The molecule has 2 atom stereocenters. The lowest BCUT2D eigenvalue weighted by molar-refractivity contribution is 0.182. The van der Waals surface area contributed by atoms with E-state index in [0.717, 1.165) is 6.04 Å². The van der Waals surface area contributed by atoms with Crippen molar-refractivity contribution in [2.45, 2.75) is 37.8 Å². The van der Waals surface area contributed by atoms with E-state index in [9.17, 15) is 0 Å². The van der Waals surface area contributed by atoms with Crippen molar-refractivity contribution in [2.75, 3.05) is 13.1 Å². The van der Waals surface area contributed by atoms with E-state index in [1.807, 2.05) is 0 Å². The van der Waals surface area contributed by atoms with Gasteiger partial charge in [-0.05, 0) is 38.8 Å². The maximum absolute atomic E-state index is 5.86. The first-order chi connectivity index (χ1) is 4.86. The summed E-state index contributed by atoms with van der Waals surface area (Å²) in [6.45, 7) is 2.59. The van der Waals surface area contributed by atoms with Crippen molar-refractivity contribution in [3.63, 3.8) is 0 Å². The maximum atomic E-state index is 5.86. The van der Waals surface area contributed by atoms with Gasteiger partial charge in [0, 0.05) is 12.1 Å². The summed E-state index contributed by atoms with van der Waals surface area (Å²) >= 11 is 0. The molecule has 2 aliphatic rings.